The molecule has 5 rings (SSSR count). The van der Waals surface area contributed by atoms with Crippen molar-refractivity contribution in [2.45, 2.75) is 12.0 Å². The molecule has 1 unspecified atom stereocenters. The quantitative estimate of drug-likeness (QED) is 0.221. The maximum atomic E-state index is 13.5. The van der Waals surface area contributed by atoms with Gasteiger partial charge in [0.25, 0.3) is 5.56 Å². The van der Waals surface area contributed by atoms with E-state index >= 15 is 0 Å². The molecule has 37 heavy (non-hydrogen) atoms. The lowest BCUT2D eigenvalue weighted by Gasteiger charge is -2.27. The summed E-state index contributed by atoms with van der Waals surface area (Å²) in [6.07, 6.45) is 2.08. The molecular formula is C29H24N4O4. The number of carboxylic acid groups (broad SMARTS) is 1. The summed E-state index contributed by atoms with van der Waals surface area (Å²) in [7, 11) is 0. The number of anilines is 1. The molecule has 0 aliphatic carbocycles. The van der Waals surface area contributed by atoms with Crippen LogP contribution in [0.1, 0.15) is 17.0 Å². The van der Waals surface area contributed by atoms with Crippen molar-refractivity contribution in [2.75, 3.05) is 5.32 Å². The highest BCUT2D eigenvalue weighted by Gasteiger charge is 2.32. The lowest BCUT2D eigenvalue weighted by atomic mass is 9.84. The lowest BCUT2D eigenvalue weighted by molar-refractivity contribution is -0.118. The SMILES string of the molecule is O=C(O)NC(C(=O)Nc1ccc(-c2c[nH]c(=O)c3[nH]ccc23)cc1)C(c1ccccc1)c1ccccc1. The van der Waals surface area contributed by atoms with Gasteiger partial charge in [-0.2, -0.15) is 0 Å². The number of nitrogens with one attached hydrogen (secondary N) is 4. The first-order valence-electron chi connectivity index (χ1n) is 11.7. The normalized spacial score (nSPS) is 11.8. The van der Waals surface area contributed by atoms with Crippen LogP contribution in [0.3, 0.4) is 0 Å². The van der Waals surface area contributed by atoms with Gasteiger partial charge in [0.2, 0.25) is 5.91 Å². The van der Waals surface area contributed by atoms with E-state index in [9.17, 15) is 19.5 Å². The number of aromatic amines is 2. The van der Waals surface area contributed by atoms with Gasteiger partial charge >= 0.3 is 6.09 Å². The second-order valence-electron chi connectivity index (χ2n) is 8.59. The van der Waals surface area contributed by atoms with E-state index in [-0.39, 0.29) is 5.56 Å². The molecule has 0 aliphatic rings. The Bertz CT molecular complexity index is 1550. The second-order valence-corrected chi connectivity index (χ2v) is 8.59. The van der Waals surface area contributed by atoms with Gasteiger partial charge in [0.15, 0.2) is 0 Å². The maximum absolute atomic E-state index is 13.5. The van der Waals surface area contributed by atoms with Crippen molar-refractivity contribution < 1.29 is 14.7 Å². The van der Waals surface area contributed by atoms with E-state index in [4.69, 9.17) is 0 Å². The number of amides is 2. The van der Waals surface area contributed by atoms with E-state index in [2.05, 4.69) is 20.6 Å². The number of hydrogen-bond donors (Lipinski definition) is 5. The summed E-state index contributed by atoms with van der Waals surface area (Å²) >= 11 is 0. The van der Waals surface area contributed by atoms with Gasteiger partial charge in [-0.25, -0.2) is 4.79 Å². The van der Waals surface area contributed by atoms with Crippen molar-refractivity contribution in [3.63, 3.8) is 0 Å². The van der Waals surface area contributed by atoms with Crippen molar-refractivity contribution in [1.82, 2.24) is 15.3 Å². The van der Waals surface area contributed by atoms with E-state index in [0.29, 0.717) is 11.2 Å². The highest BCUT2D eigenvalue weighted by atomic mass is 16.4. The minimum Gasteiger partial charge on any atom is -0.465 e. The third kappa shape index (κ3) is 4.99. The minimum absolute atomic E-state index is 0.198. The summed E-state index contributed by atoms with van der Waals surface area (Å²) < 4.78 is 0. The van der Waals surface area contributed by atoms with Gasteiger partial charge in [-0.3, -0.25) is 9.59 Å². The van der Waals surface area contributed by atoms with Gasteiger partial charge in [0, 0.05) is 34.9 Å². The Kier molecular flexibility index (Phi) is 6.54. The van der Waals surface area contributed by atoms with E-state index in [1.165, 1.54) is 0 Å². The van der Waals surface area contributed by atoms with Crippen LogP contribution in [-0.4, -0.2) is 33.1 Å². The van der Waals surface area contributed by atoms with Crippen molar-refractivity contribution in [1.29, 1.82) is 0 Å². The molecule has 1 atom stereocenters. The van der Waals surface area contributed by atoms with Crippen LogP contribution < -0.4 is 16.2 Å². The van der Waals surface area contributed by atoms with Gasteiger partial charge < -0.3 is 25.7 Å². The Hall–Kier alpha value is -5.11. The Morgan fingerprint density at radius 2 is 1.41 bits per heavy atom. The average Bonchev–Trinajstić information content (AvgIpc) is 3.41. The molecule has 5 N–H and O–H groups in total. The zero-order chi connectivity index (χ0) is 25.8. The minimum atomic E-state index is -1.29. The van der Waals surface area contributed by atoms with Crippen LogP contribution in [0.5, 0.6) is 0 Å². The Labute approximate surface area is 212 Å². The second kappa shape index (κ2) is 10.2. The zero-order valence-corrected chi connectivity index (χ0v) is 19.6. The van der Waals surface area contributed by atoms with E-state index in [0.717, 1.165) is 27.6 Å². The van der Waals surface area contributed by atoms with Gasteiger partial charge in [-0.1, -0.05) is 72.8 Å². The Balaban J connectivity index is 1.45. The van der Waals surface area contributed by atoms with Crippen LogP contribution in [0.25, 0.3) is 22.0 Å². The molecule has 2 aromatic heterocycles. The molecular weight excluding hydrogens is 468 g/mol. The number of carbonyl (C=O) groups excluding carboxylic acids is 1. The molecule has 0 fully saturated rings. The fourth-order valence-corrected chi connectivity index (χ4v) is 4.59. The van der Waals surface area contributed by atoms with Crippen molar-refractivity contribution >= 4 is 28.6 Å². The smallest absolute Gasteiger partial charge is 0.405 e. The van der Waals surface area contributed by atoms with Crippen LogP contribution in [-0.2, 0) is 4.79 Å². The van der Waals surface area contributed by atoms with Gasteiger partial charge in [-0.15, -0.1) is 0 Å². The van der Waals surface area contributed by atoms with Crippen molar-refractivity contribution in [3.05, 3.63) is 125 Å². The molecule has 8 heteroatoms. The summed E-state index contributed by atoms with van der Waals surface area (Å²) in [6, 6.07) is 26.6. The number of fused-ring (bicyclic) bond motifs is 1. The van der Waals surface area contributed by atoms with Crippen LogP contribution in [0.15, 0.2) is 108 Å². The molecule has 2 heterocycles. The molecule has 0 bridgehead atoms. The fourth-order valence-electron chi connectivity index (χ4n) is 4.59. The lowest BCUT2D eigenvalue weighted by Crippen LogP contribution is -2.47. The average molecular weight is 493 g/mol. The number of benzene rings is 3. The molecule has 0 aliphatic heterocycles. The van der Waals surface area contributed by atoms with E-state index in [1.54, 1.807) is 24.5 Å². The molecule has 3 aromatic carbocycles. The summed E-state index contributed by atoms with van der Waals surface area (Å²) in [5.41, 5.74) is 4.12. The zero-order valence-electron chi connectivity index (χ0n) is 19.6. The van der Waals surface area contributed by atoms with Gasteiger partial charge in [0.05, 0.1) is 0 Å². The first-order chi connectivity index (χ1) is 18.0. The Morgan fingerprint density at radius 1 is 0.784 bits per heavy atom. The van der Waals surface area contributed by atoms with Crippen LogP contribution in [0.4, 0.5) is 10.5 Å². The fraction of sp³-hybridized carbons (Fsp3) is 0.0690. The standard InChI is InChI=1S/C29H24N4O4/c34-27-25-22(15-16-30-25)23(17-31-27)18-11-13-21(14-12-18)32-28(35)26(33-29(36)37)24(19-7-3-1-4-8-19)20-9-5-2-6-10-20/h1-17,24,26,30,33H,(H,31,34)(H,32,35)(H,36,37). The van der Waals surface area contributed by atoms with Crippen LogP contribution >= 0.6 is 0 Å². The predicted molar refractivity (Wildman–Crippen MR) is 143 cm³/mol. The highest BCUT2D eigenvalue weighted by Crippen LogP contribution is 2.30. The molecule has 0 saturated heterocycles. The summed E-state index contributed by atoms with van der Waals surface area (Å²) in [4.78, 5) is 42.9. The van der Waals surface area contributed by atoms with Gasteiger partial charge in [0.1, 0.15) is 11.6 Å². The molecule has 184 valence electrons. The number of hydrogen-bond acceptors (Lipinski definition) is 3. The number of aromatic nitrogens is 2. The third-order valence-corrected chi connectivity index (χ3v) is 6.29. The van der Waals surface area contributed by atoms with E-state index in [1.807, 2.05) is 78.9 Å². The summed E-state index contributed by atoms with van der Waals surface area (Å²) in [6.45, 7) is 0. The number of carbonyl (C=O) groups is 2. The number of pyridine rings is 1. The Morgan fingerprint density at radius 3 is 2.00 bits per heavy atom. The summed E-state index contributed by atoms with van der Waals surface area (Å²) in [5.74, 6) is -1.02. The molecule has 0 spiro atoms. The molecule has 0 radical (unpaired) electrons. The predicted octanol–water partition coefficient (Wildman–Crippen LogP) is 4.93. The molecule has 0 saturated carbocycles. The number of rotatable bonds is 7. The monoisotopic (exact) mass is 492 g/mol. The molecule has 2 amide bonds. The first-order valence-corrected chi connectivity index (χ1v) is 11.7. The van der Waals surface area contributed by atoms with E-state index < -0.39 is 24.0 Å². The van der Waals surface area contributed by atoms with Crippen LogP contribution in [0, 0.1) is 0 Å². The first kappa shape index (κ1) is 23.6. The number of H-pyrrole nitrogens is 2. The molecule has 8 nitrogen and oxygen atoms in total. The molecule has 5 aromatic rings. The van der Waals surface area contributed by atoms with Crippen LogP contribution in [0.2, 0.25) is 0 Å². The third-order valence-electron chi connectivity index (χ3n) is 6.29. The van der Waals surface area contributed by atoms with Gasteiger partial charge in [-0.05, 0) is 34.9 Å². The largest absolute Gasteiger partial charge is 0.465 e. The highest BCUT2D eigenvalue weighted by molar-refractivity contribution is 5.98. The topological polar surface area (TPSA) is 127 Å². The van der Waals surface area contributed by atoms with Crippen molar-refractivity contribution in [2.24, 2.45) is 0 Å². The maximum Gasteiger partial charge on any atom is 0.405 e. The summed E-state index contributed by atoms with van der Waals surface area (Å²) in [5, 5.41) is 15.6. The van der Waals surface area contributed by atoms with Crippen molar-refractivity contribution in [3.8, 4) is 11.1 Å².